The molecule has 4 heteroatoms. The Kier molecular flexibility index (Phi) is 4.41. The highest BCUT2D eigenvalue weighted by Crippen LogP contribution is 2.34. The van der Waals surface area contributed by atoms with Gasteiger partial charge in [-0.05, 0) is 26.0 Å². The summed E-state index contributed by atoms with van der Waals surface area (Å²) in [5.74, 6) is 3.25. The molecule has 1 aliphatic rings. The minimum absolute atomic E-state index is 0.227. The van der Waals surface area contributed by atoms with Crippen LogP contribution < -0.4 is 5.73 Å². The molecule has 1 fully saturated rings. The van der Waals surface area contributed by atoms with E-state index in [1.165, 1.54) is 5.75 Å². The Morgan fingerprint density at radius 2 is 2.28 bits per heavy atom. The van der Waals surface area contributed by atoms with Crippen LogP contribution in [-0.2, 0) is 6.42 Å². The molecule has 0 amide bonds. The normalized spacial score (nSPS) is 22.0. The zero-order chi connectivity index (χ0) is 13.2. The molecule has 0 spiro atoms. The van der Waals surface area contributed by atoms with Crippen LogP contribution in [0.25, 0.3) is 0 Å². The summed E-state index contributed by atoms with van der Waals surface area (Å²) in [7, 11) is 0. The van der Waals surface area contributed by atoms with Gasteiger partial charge in [0.15, 0.2) is 0 Å². The van der Waals surface area contributed by atoms with Crippen LogP contribution in [0.2, 0.25) is 0 Å². The first-order valence-corrected chi connectivity index (χ1v) is 7.71. The molecule has 0 aromatic carbocycles. The van der Waals surface area contributed by atoms with Crippen molar-refractivity contribution in [3.63, 3.8) is 0 Å². The zero-order valence-electron chi connectivity index (χ0n) is 11.6. The van der Waals surface area contributed by atoms with Gasteiger partial charge in [0, 0.05) is 36.6 Å². The van der Waals surface area contributed by atoms with Gasteiger partial charge in [-0.3, -0.25) is 4.90 Å². The SMILES string of the molecule is CCc1ccc(C(CN)N2CCSC(C)(C)C2)o1. The van der Waals surface area contributed by atoms with Crippen molar-refractivity contribution in [2.24, 2.45) is 5.73 Å². The summed E-state index contributed by atoms with van der Waals surface area (Å²) in [5, 5.41) is 0. The van der Waals surface area contributed by atoms with Gasteiger partial charge in [0.2, 0.25) is 0 Å². The van der Waals surface area contributed by atoms with Crippen molar-refractivity contribution in [2.45, 2.75) is 38.0 Å². The van der Waals surface area contributed by atoms with E-state index >= 15 is 0 Å². The number of aryl methyl sites for hydroxylation is 1. The van der Waals surface area contributed by atoms with E-state index in [9.17, 15) is 0 Å². The average Bonchev–Trinajstić information content (AvgIpc) is 2.77. The highest BCUT2D eigenvalue weighted by Gasteiger charge is 2.32. The Balaban J connectivity index is 2.12. The number of thioether (sulfide) groups is 1. The standard InChI is InChI=1S/C14H24N2OS/c1-4-11-5-6-13(17-11)12(9-15)16-7-8-18-14(2,3)10-16/h5-6,12H,4,7-10,15H2,1-3H3. The predicted molar refractivity (Wildman–Crippen MR) is 78.0 cm³/mol. The van der Waals surface area contributed by atoms with Crippen LogP contribution in [-0.4, -0.2) is 35.0 Å². The maximum absolute atomic E-state index is 5.97. The summed E-state index contributed by atoms with van der Waals surface area (Å²) in [6, 6.07) is 4.39. The molecule has 1 aliphatic heterocycles. The van der Waals surface area contributed by atoms with Gasteiger partial charge in [0.1, 0.15) is 11.5 Å². The van der Waals surface area contributed by atoms with Gasteiger partial charge >= 0.3 is 0 Å². The second-order valence-corrected chi connectivity index (χ2v) is 7.29. The van der Waals surface area contributed by atoms with Crippen LogP contribution in [0, 0.1) is 0 Å². The predicted octanol–water partition coefficient (Wildman–Crippen LogP) is 2.67. The zero-order valence-corrected chi connectivity index (χ0v) is 12.4. The highest BCUT2D eigenvalue weighted by atomic mass is 32.2. The minimum Gasteiger partial charge on any atom is -0.464 e. The lowest BCUT2D eigenvalue weighted by Gasteiger charge is -2.40. The molecule has 2 heterocycles. The van der Waals surface area contributed by atoms with E-state index in [2.05, 4.69) is 37.8 Å². The molecule has 2 rings (SSSR count). The van der Waals surface area contributed by atoms with Crippen LogP contribution >= 0.6 is 11.8 Å². The summed E-state index contributed by atoms with van der Waals surface area (Å²) in [5.41, 5.74) is 5.97. The molecular weight excluding hydrogens is 244 g/mol. The lowest BCUT2D eigenvalue weighted by molar-refractivity contribution is 0.170. The molecule has 0 bridgehead atoms. The van der Waals surface area contributed by atoms with Crippen molar-refractivity contribution in [3.8, 4) is 0 Å². The first kappa shape index (κ1) is 14.0. The smallest absolute Gasteiger partial charge is 0.122 e. The Hall–Kier alpha value is -0.450. The van der Waals surface area contributed by atoms with E-state index in [0.717, 1.165) is 31.0 Å². The summed E-state index contributed by atoms with van der Waals surface area (Å²) >= 11 is 2.04. The van der Waals surface area contributed by atoms with Crippen molar-refractivity contribution < 1.29 is 4.42 Å². The Morgan fingerprint density at radius 3 is 2.83 bits per heavy atom. The highest BCUT2D eigenvalue weighted by molar-refractivity contribution is 8.00. The molecule has 1 saturated heterocycles. The number of hydrogen-bond acceptors (Lipinski definition) is 4. The fraction of sp³-hybridized carbons (Fsp3) is 0.714. The molecule has 1 aromatic rings. The molecule has 0 radical (unpaired) electrons. The lowest BCUT2D eigenvalue weighted by atomic mass is 10.1. The Morgan fingerprint density at radius 1 is 1.50 bits per heavy atom. The Bertz CT molecular complexity index is 389. The molecule has 0 aliphatic carbocycles. The van der Waals surface area contributed by atoms with Gasteiger partial charge in [0.25, 0.3) is 0 Å². The van der Waals surface area contributed by atoms with Gasteiger partial charge in [-0.25, -0.2) is 0 Å². The van der Waals surface area contributed by atoms with Crippen molar-refractivity contribution in [2.75, 3.05) is 25.4 Å². The summed E-state index contributed by atoms with van der Waals surface area (Å²) in [4.78, 5) is 2.47. The van der Waals surface area contributed by atoms with Crippen molar-refractivity contribution >= 4 is 11.8 Å². The van der Waals surface area contributed by atoms with E-state index in [1.54, 1.807) is 0 Å². The van der Waals surface area contributed by atoms with Crippen LogP contribution in [0.3, 0.4) is 0 Å². The summed E-state index contributed by atoms with van der Waals surface area (Å²) in [6.45, 7) is 9.51. The molecular formula is C14H24N2OS. The van der Waals surface area contributed by atoms with Crippen LogP contribution in [0.4, 0.5) is 0 Å². The minimum atomic E-state index is 0.227. The van der Waals surface area contributed by atoms with Crippen LogP contribution in [0.1, 0.15) is 38.3 Å². The second kappa shape index (κ2) is 5.68. The fourth-order valence-corrected chi connectivity index (χ4v) is 3.66. The molecule has 3 nitrogen and oxygen atoms in total. The fourth-order valence-electron chi connectivity index (χ4n) is 2.53. The van der Waals surface area contributed by atoms with Gasteiger partial charge < -0.3 is 10.2 Å². The average molecular weight is 268 g/mol. The van der Waals surface area contributed by atoms with Gasteiger partial charge in [-0.1, -0.05) is 6.92 Å². The van der Waals surface area contributed by atoms with Crippen LogP contribution in [0.5, 0.6) is 0 Å². The maximum Gasteiger partial charge on any atom is 0.122 e. The Labute approximate surface area is 114 Å². The van der Waals surface area contributed by atoms with Crippen molar-refractivity contribution in [1.29, 1.82) is 0 Å². The van der Waals surface area contributed by atoms with Gasteiger partial charge in [-0.15, -0.1) is 0 Å². The van der Waals surface area contributed by atoms with E-state index in [4.69, 9.17) is 10.2 Å². The third-order valence-corrected chi connectivity index (χ3v) is 4.78. The molecule has 0 saturated carbocycles. The number of nitrogens with two attached hydrogens (primary N) is 1. The number of nitrogens with zero attached hydrogens (tertiary/aromatic N) is 1. The molecule has 18 heavy (non-hydrogen) atoms. The molecule has 2 N–H and O–H groups in total. The van der Waals surface area contributed by atoms with Gasteiger partial charge in [0.05, 0.1) is 6.04 Å². The monoisotopic (exact) mass is 268 g/mol. The van der Waals surface area contributed by atoms with E-state index in [-0.39, 0.29) is 6.04 Å². The number of rotatable bonds is 4. The molecule has 1 atom stereocenters. The second-order valence-electron chi connectivity index (χ2n) is 5.49. The molecule has 1 unspecified atom stereocenters. The first-order chi connectivity index (χ1) is 8.55. The molecule has 102 valence electrons. The third-order valence-electron chi connectivity index (χ3n) is 3.48. The molecule has 1 aromatic heterocycles. The summed E-state index contributed by atoms with van der Waals surface area (Å²) in [6.07, 6.45) is 0.943. The topological polar surface area (TPSA) is 42.4 Å². The summed E-state index contributed by atoms with van der Waals surface area (Å²) < 4.78 is 6.19. The maximum atomic E-state index is 5.97. The van der Waals surface area contributed by atoms with E-state index in [1.807, 2.05) is 11.8 Å². The van der Waals surface area contributed by atoms with Crippen molar-refractivity contribution in [1.82, 2.24) is 4.90 Å². The first-order valence-electron chi connectivity index (χ1n) is 6.72. The largest absolute Gasteiger partial charge is 0.464 e. The number of furan rings is 1. The van der Waals surface area contributed by atoms with E-state index < -0.39 is 0 Å². The number of hydrogen-bond donors (Lipinski definition) is 1. The van der Waals surface area contributed by atoms with E-state index in [0.29, 0.717) is 11.3 Å². The van der Waals surface area contributed by atoms with Gasteiger partial charge in [-0.2, -0.15) is 11.8 Å². The van der Waals surface area contributed by atoms with Crippen LogP contribution in [0.15, 0.2) is 16.5 Å². The lowest BCUT2D eigenvalue weighted by Crippen LogP contribution is -2.46. The quantitative estimate of drug-likeness (QED) is 0.911. The third kappa shape index (κ3) is 3.11. The van der Waals surface area contributed by atoms with Crippen molar-refractivity contribution in [3.05, 3.63) is 23.7 Å².